The van der Waals surface area contributed by atoms with Crippen LogP contribution in [-0.2, 0) is 11.3 Å². The Hall–Kier alpha value is -1.46. The Morgan fingerprint density at radius 1 is 1.42 bits per heavy atom. The van der Waals surface area contributed by atoms with Crippen LogP contribution in [0.1, 0.15) is 25.0 Å². The largest absolute Gasteiger partial charge is 0.383 e. The number of nitrogens with zero attached hydrogens (tertiary/aromatic N) is 1. The average Bonchev–Trinajstić information content (AvgIpc) is 2.35. The molecule has 0 saturated carbocycles. The van der Waals surface area contributed by atoms with E-state index in [1.807, 2.05) is 6.07 Å². The second kappa shape index (κ2) is 7.21. The highest BCUT2D eigenvalue weighted by atomic mass is 16.6. The fourth-order valence-corrected chi connectivity index (χ4v) is 1.88. The SMILES string of the molecule is COCC(NCc1ccc(C)c([N+](=O)[O-])c1)C(C)C. The first-order valence-corrected chi connectivity index (χ1v) is 6.42. The molecule has 0 saturated heterocycles. The molecule has 0 aromatic heterocycles. The number of ether oxygens (including phenoxy) is 1. The van der Waals surface area contributed by atoms with Gasteiger partial charge in [0.05, 0.1) is 11.5 Å². The van der Waals surface area contributed by atoms with Crippen molar-refractivity contribution in [1.82, 2.24) is 5.32 Å². The van der Waals surface area contributed by atoms with Gasteiger partial charge in [-0.25, -0.2) is 0 Å². The van der Waals surface area contributed by atoms with Gasteiger partial charge in [0.25, 0.3) is 5.69 Å². The lowest BCUT2D eigenvalue weighted by Gasteiger charge is -2.21. The molecule has 0 aliphatic rings. The molecule has 19 heavy (non-hydrogen) atoms. The fourth-order valence-electron chi connectivity index (χ4n) is 1.88. The van der Waals surface area contributed by atoms with E-state index in [2.05, 4.69) is 19.2 Å². The zero-order valence-electron chi connectivity index (χ0n) is 12.0. The first-order valence-electron chi connectivity index (χ1n) is 6.42. The van der Waals surface area contributed by atoms with Gasteiger partial charge >= 0.3 is 0 Å². The van der Waals surface area contributed by atoms with Crippen molar-refractivity contribution in [2.24, 2.45) is 5.92 Å². The summed E-state index contributed by atoms with van der Waals surface area (Å²) in [7, 11) is 1.67. The van der Waals surface area contributed by atoms with Gasteiger partial charge in [0.15, 0.2) is 0 Å². The van der Waals surface area contributed by atoms with Crippen molar-refractivity contribution in [2.45, 2.75) is 33.4 Å². The molecule has 0 amide bonds. The predicted octanol–water partition coefficient (Wildman–Crippen LogP) is 2.66. The predicted molar refractivity (Wildman–Crippen MR) is 75.2 cm³/mol. The number of hydrogen-bond donors (Lipinski definition) is 1. The number of nitro groups is 1. The number of rotatable bonds is 7. The van der Waals surface area contributed by atoms with E-state index in [0.717, 1.165) is 5.56 Å². The summed E-state index contributed by atoms with van der Waals surface area (Å²) >= 11 is 0. The molecule has 0 aliphatic heterocycles. The quantitative estimate of drug-likeness (QED) is 0.608. The molecule has 0 fully saturated rings. The molecule has 1 unspecified atom stereocenters. The Labute approximate surface area is 114 Å². The van der Waals surface area contributed by atoms with Crippen LogP contribution >= 0.6 is 0 Å². The third-order valence-corrected chi connectivity index (χ3v) is 3.19. The monoisotopic (exact) mass is 266 g/mol. The molecule has 5 heteroatoms. The maximum Gasteiger partial charge on any atom is 0.272 e. The molecule has 1 aromatic carbocycles. The van der Waals surface area contributed by atoms with Crippen LogP contribution < -0.4 is 5.32 Å². The lowest BCUT2D eigenvalue weighted by atomic mass is 10.0. The first-order chi connectivity index (χ1) is 8.95. The lowest BCUT2D eigenvalue weighted by Crippen LogP contribution is -2.37. The summed E-state index contributed by atoms with van der Waals surface area (Å²) in [6.07, 6.45) is 0. The Balaban J connectivity index is 2.72. The molecular formula is C14H22N2O3. The van der Waals surface area contributed by atoms with Gasteiger partial charge in [-0.05, 0) is 18.4 Å². The maximum atomic E-state index is 10.9. The number of methoxy groups -OCH3 is 1. The minimum Gasteiger partial charge on any atom is -0.383 e. The lowest BCUT2D eigenvalue weighted by molar-refractivity contribution is -0.385. The van der Waals surface area contributed by atoms with Gasteiger partial charge in [0, 0.05) is 31.3 Å². The average molecular weight is 266 g/mol. The summed E-state index contributed by atoms with van der Waals surface area (Å²) in [5, 5.41) is 14.3. The van der Waals surface area contributed by atoms with E-state index in [9.17, 15) is 10.1 Å². The van der Waals surface area contributed by atoms with E-state index >= 15 is 0 Å². The third kappa shape index (κ3) is 4.61. The Kier molecular flexibility index (Phi) is 5.92. The Bertz CT molecular complexity index is 433. The molecule has 1 N–H and O–H groups in total. The van der Waals surface area contributed by atoms with Crippen LogP contribution in [0.25, 0.3) is 0 Å². The number of nitrogens with one attached hydrogen (secondary N) is 1. The van der Waals surface area contributed by atoms with Gasteiger partial charge in [-0.1, -0.05) is 26.0 Å². The smallest absolute Gasteiger partial charge is 0.272 e. The van der Waals surface area contributed by atoms with Gasteiger partial charge in [0.2, 0.25) is 0 Å². The van der Waals surface area contributed by atoms with Crippen molar-refractivity contribution in [3.05, 3.63) is 39.4 Å². The molecule has 1 atom stereocenters. The van der Waals surface area contributed by atoms with E-state index in [0.29, 0.717) is 24.6 Å². The van der Waals surface area contributed by atoms with Crippen molar-refractivity contribution < 1.29 is 9.66 Å². The highest BCUT2D eigenvalue weighted by Crippen LogP contribution is 2.19. The van der Waals surface area contributed by atoms with Crippen molar-refractivity contribution in [2.75, 3.05) is 13.7 Å². The summed E-state index contributed by atoms with van der Waals surface area (Å²) in [5.41, 5.74) is 1.78. The van der Waals surface area contributed by atoms with Crippen molar-refractivity contribution in [3.8, 4) is 0 Å². The second-order valence-electron chi connectivity index (χ2n) is 5.06. The van der Waals surface area contributed by atoms with Crippen LogP contribution in [-0.4, -0.2) is 24.7 Å². The molecular weight excluding hydrogens is 244 g/mol. The molecule has 0 spiro atoms. The standard InChI is InChI=1S/C14H22N2O3/c1-10(2)13(9-19-4)15-8-12-6-5-11(3)14(7-12)16(17)18/h5-7,10,13,15H,8-9H2,1-4H3. The minimum atomic E-state index is -0.339. The van der Waals surface area contributed by atoms with Crippen molar-refractivity contribution in [1.29, 1.82) is 0 Å². The fraction of sp³-hybridized carbons (Fsp3) is 0.571. The zero-order chi connectivity index (χ0) is 14.4. The van der Waals surface area contributed by atoms with Crippen LogP contribution in [0, 0.1) is 23.0 Å². The number of hydrogen-bond acceptors (Lipinski definition) is 4. The third-order valence-electron chi connectivity index (χ3n) is 3.19. The normalized spacial score (nSPS) is 12.7. The van der Waals surface area contributed by atoms with Gasteiger partial charge in [-0.2, -0.15) is 0 Å². The summed E-state index contributed by atoms with van der Waals surface area (Å²) in [6.45, 7) is 7.22. The summed E-state index contributed by atoms with van der Waals surface area (Å²) in [6, 6.07) is 5.58. The van der Waals surface area contributed by atoms with Crippen molar-refractivity contribution in [3.63, 3.8) is 0 Å². The molecule has 1 rings (SSSR count). The topological polar surface area (TPSA) is 64.4 Å². The van der Waals surface area contributed by atoms with Crippen LogP contribution in [0.15, 0.2) is 18.2 Å². The molecule has 0 heterocycles. The number of aryl methyl sites for hydroxylation is 1. The van der Waals surface area contributed by atoms with E-state index in [-0.39, 0.29) is 16.7 Å². The first kappa shape index (κ1) is 15.6. The molecule has 106 valence electrons. The number of benzene rings is 1. The zero-order valence-corrected chi connectivity index (χ0v) is 12.0. The van der Waals surface area contributed by atoms with Crippen LogP contribution in [0.4, 0.5) is 5.69 Å². The Morgan fingerprint density at radius 2 is 2.11 bits per heavy atom. The van der Waals surface area contributed by atoms with Gasteiger partial charge < -0.3 is 10.1 Å². The highest BCUT2D eigenvalue weighted by molar-refractivity contribution is 5.42. The van der Waals surface area contributed by atoms with E-state index < -0.39 is 0 Å². The van der Waals surface area contributed by atoms with Gasteiger partial charge in [-0.15, -0.1) is 0 Å². The van der Waals surface area contributed by atoms with E-state index in [1.165, 1.54) is 0 Å². The molecule has 5 nitrogen and oxygen atoms in total. The Morgan fingerprint density at radius 3 is 2.63 bits per heavy atom. The summed E-state index contributed by atoms with van der Waals surface area (Å²) in [4.78, 5) is 10.5. The number of nitro benzene ring substituents is 1. The van der Waals surface area contributed by atoms with Gasteiger partial charge in [0.1, 0.15) is 0 Å². The van der Waals surface area contributed by atoms with Gasteiger partial charge in [-0.3, -0.25) is 10.1 Å². The van der Waals surface area contributed by atoms with Crippen LogP contribution in [0.2, 0.25) is 0 Å². The van der Waals surface area contributed by atoms with Crippen LogP contribution in [0.5, 0.6) is 0 Å². The molecule has 0 aliphatic carbocycles. The highest BCUT2D eigenvalue weighted by Gasteiger charge is 2.14. The summed E-state index contributed by atoms with van der Waals surface area (Å²) in [5.74, 6) is 0.445. The second-order valence-corrected chi connectivity index (χ2v) is 5.06. The van der Waals surface area contributed by atoms with Crippen LogP contribution in [0.3, 0.4) is 0 Å². The molecule has 0 bridgehead atoms. The van der Waals surface area contributed by atoms with E-state index in [1.54, 1.807) is 26.2 Å². The molecule has 1 aromatic rings. The minimum absolute atomic E-state index is 0.173. The molecule has 0 radical (unpaired) electrons. The van der Waals surface area contributed by atoms with E-state index in [4.69, 9.17) is 4.74 Å². The summed E-state index contributed by atoms with van der Waals surface area (Å²) < 4.78 is 5.16. The van der Waals surface area contributed by atoms with Crippen molar-refractivity contribution >= 4 is 5.69 Å². The maximum absolute atomic E-state index is 10.9.